The van der Waals surface area contributed by atoms with Gasteiger partial charge >= 0.3 is 0 Å². The molecule has 0 aliphatic heterocycles. The van der Waals surface area contributed by atoms with E-state index < -0.39 is 0 Å². The number of rotatable bonds is 1. The van der Waals surface area contributed by atoms with Gasteiger partial charge in [-0.15, -0.1) is 0 Å². The van der Waals surface area contributed by atoms with Gasteiger partial charge < -0.3 is 0 Å². The van der Waals surface area contributed by atoms with Gasteiger partial charge in [-0.3, -0.25) is 4.79 Å². The molecule has 3 heteroatoms. The predicted molar refractivity (Wildman–Crippen MR) is 61.6 cm³/mol. The number of fused-ring (bicyclic) bond motifs is 1. The van der Waals surface area contributed by atoms with Crippen molar-refractivity contribution in [3.63, 3.8) is 0 Å². The maximum absolute atomic E-state index is 10.7. The topological polar surface area (TPSA) is 30.0 Å². The zero-order valence-corrected chi connectivity index (χ0v) is 9.30. The van der Waals surface area contributed by atoms with Crippen LogP contribution in [-0.2, 0) is 0 Å². The number of benzene rings is 1. The number of pyridine rings is 1. The molecule has 2 nitrogen and oxygen atoms in total. The number of aromatic nitrogens is 1. The van der Waals surface area contributed by atoms with E-state index in [0.717, 1.165) is 28.3 Å². The van der Waals surface area contributed by atoms with E-state index in [-0.39, 0.29) is 0 Å². The van der Waals surface area contributed by atoms with E-state index in [1.807, 2.05) is 26.0 Å². The highest BCUT2D eigenvalue weighted by Crippen LogP contribution is 2.24. The molecule has 0 saturated carbocycles. The molecule has 0 atom stereocenters. The first-order valence-corrected chi connectivity index (χ1v) is 5.02. The van der Waals surface area contributed by atoms with Crippen molar-refractivity contribution < 1.29 is 4.79 Å². The highest BCUT2D eigenvalue weighted by molar-refractivity contribution is 6.31. The minimum Gasteiger partial charge on any atom is -0.296 e. The molecule has 1 heterocycles. The standard InChI is InChI=1S/C12H10ClNO/c1-7-4-10(6-15)14-12-8(2)3-9(13)5-11(7)12/h3-6H,1-2H3. The van der Waals surface area contributed by atoms with Crippen LogP contribution in [0.5, 0.6) is 0 Å². The van der Waals surface area contributed by atoms with Crippen molar-refractivity contribution in [3.8, 4) is 0 Å². The Morgan fingerprint density at radius 2 is 1.93 bits per heavy atom. The molecule has 1 aromatic carbocycles. The van der Waals surface area contributed by atoms with E-state index in [2.05, 4.69) is 4.98 Å². The normalized spacial score (nSPS) is 10.6. The fraction of sp³-hybridized carbons (Fsp3) is 0.167. The summed E-state index contributed by atoms with van der Waals surface area (Å²) < 4.78 is 0. The summed E-state index contributed by atoms with van der Waals surface area (Å²) in [5.41, 5.74) is 3.32. The zero-order chi connectivity index (χ0) is 11.0. The summed E-state index contributed by atoms with van der Waals surface area (Å²) in [5.74, 6) is 0. The van der Waals surface area contributed by atoms with Crippen LogP contribution in [-0.4, -0.2) is 11.3 Å². The minimum atomic E-state index is 0.463. The molecule has 0 amide bonds. The highest BCUT2D eigenvalue weighted by Gasteiger charge is 2.05. The third kappa shape index (κ3) is 1.73. The summed E-state index contributed by atoms with van der Waals surface area (Å²) in [4.78, 5) is 15.0. The van der Waals surface area contributed by atoms with Crippen LogP contribution in [0.2, 0.25) is 5.02 Å². The van der Waals surface area contributed by atoms with Gasteiger partial charge in [-0.2, -0.15) is 0 Å². The SMILES string of the molecule is Cc1cc(C=O)nc2c(C)cc(Cl)cc12. The number of aryl methyl sites for hydroxylation is 2. The van der Waals surface area contributed by atoms with Gasteiger partial charge in [-0.05, 0) is 43.2 Å². The second-order valence-electron chi connectivity index (χ2n) is 3.60. The Balaban J connectivity index is 2.91. The Morgan fingerprint density at radius 1 is 1.20 bits per heavy atom. The monoisotopic (exact) mass is 219 g/mol. The maximum Gasteiger partial charge on any atom is 0.168 e. The number of carbonyl (C=O) groups is 1. The summed E-state index contributed by atoms with van der Waals surface area (Å²) in [7, 11) is 0. The van der Waals surface area contributed by atoms with Crippen molar-refractivity contribution in [2.45, 2.75) is 13.8 Å². The van der Waals surface area contributed by atoms with E-state index >= 15 is 0 Å². The lowest BCUT2D eigenvalue weighted by Crippen LogP contribution is -1.93. The fourth-order valence-corrected chi connectivity index (χ4v) is 1.98. The second-order valence-corrected chi connectivity index (χ2v) is 4.04. The average molecular weight is 220 g/mol. The molecular formula is C12H10ClNO. The Kier molecular flexibility index (Phi) is 2.45. The van der Waals surface area contributed by atoms with Crippen LogP contribution in [0, 0.1) is 13.8 Å². The lowest BCUT2D eigenvalue weighted by Gasteiger charge is -2.06. The molecule has 1 aromatic heterocycles. The second kappa shape index (κ2) is 3.63. The van der Waals surface area contributed by atoms with E-state index in [9.17, 15) is 4.79 Å². The van der Waals surface area contributed by atoms with Crippen LogP contribution in [0.3, 0.4) is 0 Å². The van der Waals surface area contributed by atoms with E-state index in [4.69, 9.17) is 11.6 Å². The van der Waals surface area contributed by atoms with Gasteiger partial charge in [0.25, 0.3) is 0 Å². The van der Waals surface area contributed by atoms with Crippen LogP contribution in [0.25, 0.3) is 10.9 Å². The van der Waals surface area contributed by atoms with Gasteiger partial charge in [0.1, 0.15) is 5.69 Å². The van der Waals surface area contributed by atoms with Gasteiger partial charge in [0.15, 0.2) is 6.29 Å². The fourth-order valence-electron chi connectivity index (χ4n) is 1.71. The molecule has 0 bridgehead atoms. The molecule has 76 valence electrons. The summed E-state index contributed by atoms with van der Waals surface area (Å²) in [5, 5.41) is 1.70. The first kappa shape index (κ1) is 10.1. The van der Waals surface area contributed by atoms with E-state index in [1.54, 1.807) is 6.07 Å². The van der Waals surface area contributed by atoms with Gasteiger partial charge in [-0.25, -0.2) is 4.98 Å². The van der Waals surface area contributed by atoms with E-state index in [1.165, 1.54) is 0 Å². The lowest BCUT2D eigenvalue weighted by molar-refractivity contribution is 0.111. The average Bonchev–Trinajstić information content (AvgIpc) is 2.19. The number of nitrogens with zero attached hydrogens (tertiary/aromatic N) is 1. The number of carbonyl (C=O) groups excluding carboxylic acids is 1. The van der Waals surface area contributed by atoms with Crippen molar-refractivity contribution in [2.24, 2.45) is 0 Å². The van der Waals surface area contributed by atoms with Gasteiger partial charge in [0.05, 0.1) is 5.52 Å². The summed E-state index contributed by atoms with van der Waals surface area (Å²) in [6.45, 7) is 3.89. The van der Waals surface area contributed by atoms with Crippen molar-refractivity contribution in [1.29, 1.82) is 0 Å². The Labute approximate surface area is 92.9 Å². The van der Waals surface area contributed by atoms with Crippen LogP contribution >= 0.6 is 11.6 Å². The number of halogens is 1. The molecule has 0 saturated heterocycles. The van der Waals surface area contributed by atoms with E-state index in [0.29, 0.717) is 10.7 Å². The molecule has 15 heavy (non-hydrogen) atoms. The number of hydrogen-bond acceptors (Lipinski definition) is 2. The smallest absolute Gasteiger partial charge is 0.168 e. The zero-order valence-electron chi connectivity index (χ0n) is 8.54. The molecule has 2 aromatic rings. The third-order valence-corrected chi connectivity index (χ3v) is 2.63. The molecule has 0 fully saturated rings. The summed E-state index contributed by atoms with van der Waals surface area (Å²) >= 11 is 5.97. The molecular weight excluding hydrogens is 210 g/mol. The number of aldehydes is 1. The highest BCUT2D eigenvalue weighted by atomic mass is 35.5. The third-order valence-electron chi connectivity index (χ3n) is 2.42. The van der Waals surface area contributed by atoms with Crippen molar-refractivity contribution in [3.05, 3.63) is 40.0 Å². The molecule has 0 radical (unpaired) electrons. The summed E-state index contributed by atoms with van der Waals surface area (Å²) in [6, 6.07) is 5.50. The minimum absolute atomic E-state index is 0.463. The largest absolute Gasteiger partial charge is 0.296 e. The van der Waals surface area contributed by atoms with Crippen LogP contribution in [0.4, 0.5) is 0 Å². The van der Waals surface area contributed by atoms with Crippen LogP contribution in [0.1, 0.15) is 21.6 Å². The molecule has 0 spiro atoms. The predicted octanol–water partition coefficient (Wildman–Crippen LogP) is 3.32. The van der Waals surface area contributed by atoms with Crippen molar-refractivity contribution in [1.82, 2.24) is 4.98 Å². The molecule has 0 aliphatic carbocycles. The Hall–Kier alpha value is -1.41. The van der Waals surface area contributed by atoms with Crippen LogP contribution < -0.4 is 0 Å². The Bertz CT molecular complexity index is 549. The first-order valence-electron chi connectivity index (χ1n) is 4.64. The van der Waals surface area contributed by atoms with Crippen molar-refractivity contribution in [2.75, 3.05) is 0 Å². The van der Waals surface area contributed by atoms with Gasteiger partial charge in [0, 0.05) is 10.4 Å². The first-order chi connectivity index (χ1) is 7.11. The number of hydrogen-bond donors (Lipinski definition) is 0. The lowest BCUT2D eigenvalue weighted by atomic mass is 10.1. The van der Waals surface area contributed by atoms with Crippen molar-refractivity contribution >= 4 is 28.8 Å². The van der Waals surface area contributed by atoms with Gasteiger partial charge in [0.2, 0.25) is 0 Å². The quantitative estimate of drug-likeness (QED) is 0.689. The van der Waals surface area contributed by atoms with Crippen LogP contribution in [0.15, 0.2) is 18.2 Å². The van der Waals surface area contributed by atoms with Gasteiger partial charge in [-0.1, -0.05) is 11.6 Å². The Morgan fingerprint density at radius 3 is 2.60 bits per heavy atom. The molecule has 2 rings (SSSR count). The maximum atomic E-state index is 10.7. The summed E-state index contributed by atoms with van der Waals surface area (Å²) in [6.07, 6.45) is 0.764. The molecule has 0 unspecified atom stereocenters. The molecule has 0 N–H and O–H groups in total. The molecule has 0 aliphatic rings.